The first kappa shape index (κ1) is 4.90. The molecule has 0 aromatic carbocycles. The molecule has 8 heavy (non-hydrogen) atoms. The van der Waals surface area contributed by atoms with Crippen molar-refractivity contribution in [2.24, 2.45) is 10.9 Å². The van der Waals surface area contributed by atoms with Gasteiger partial charge >= 0.3 is 0 Å². The van der Waals surface area contributed by atoms with Gasteiger partial charge in [0.1, 0.15) is 6.26 Å². The SMILES string of the molecule is NC1=CC=CON=C1. The van der Waals surface area contributed by atoms with Gasteiger partial charge in [-0.25, -0.2) is 0 Å². The molecule has 0 unspecified atom stereocenters. The molecule has 0 radical (unpaired) electrons. The first-order valence-corrected chi connectivity index (χ1v) is 2.21. The Morgan fingerprint density at radius 2 is 2.50 bits per heavy atom. The van der Waals surface area contributed by atoms with Gasteiger partial charge in [0.2, 0.25) is 0 Å². The van der Waals surface area contributed by atoms with Crippen molar-refractivity contribution < 1.29 is 4.84 Å². The van der Waals surface area contributed by atoms with Gasteiger partial charge in [-0.15, -0.1) is 0 Å². The van der Waals surface area contributed by atoms with Crippen LogP contribution in [0, 0.1) is 0 Å². The molecule has 1 aliphatic heterocycles. The highest BCUT2D eigenvalue weighted by Gasteiger charge is 1.82. The molecular formula is C5H6N2O. The fourth-order valence-electron chi connectivity index (χ4n) is 0.355. The molecule has 1 heterocycles. The summed E-state index contributed by atoms with van der Waals surface area (Å²) in [6.07, 6.45) is 6.29. The van der Waals surface area contributed by atoms with E-state index in [1.54, 1.807) is 12.2 Å². The maximum Gasteiger partial charge on any atom is 0.122 e. The van der Waals surface area contributed by atoms with Gasteiger partial charge in [0.15, 0.2) is 0 Å². The minimum absolute atomic E-state index is 0.596. The van der Waals surface area contributed by atoms with Crippen LogP contribution >= 0.6 is 0 Å². The largest absolute Gasteiger partial charge is 0.397 e. The first-order valence-electron chi connectivity index (χ1n) is 2.21. The van der Waals surface area contributed by atoms with Gasteiger partial charge < -0.3 is 10.6 Å². The van der Waals surface area contributed by atoms with E-state index in [2.05, 4.69) is 9.99 Å². The molecule has 0 aliphatic carbocycles. The number of hydrogen-bond acceptors (Lipinski definition) is 3. The molecule has 0 spiro atoms. The van der Waals surface area contributed by atoms with E-state index in [4.69, 9.17) is 5.73 Å². The molecule has 0 fully saturated rings. The number of oxime groups is 1. The Hall–Kier alpha value is -1.25. The van der Waals surface area contributed by atoms with Crippen LogP contribution in [0.5, 0.6) is 0 Å². The number of nitrogens with zero attached hydrogens (tertiary/aromatic N) is 1. The lowest BCUT2D eigenvalue weighted by Crippen LogP contribution is -1.95. The second-order valence-corrected chi connectivity index (χ2v) is 1.34. The van der Waals surface area contributed by atoms with Crippen LogP contribution in [0.2, 0.25) is 0 Å². The molecule has 42 valence electrons. The van der Waals surface area contributed by atoms with Crippen LogP contribution < -0.4 is 5.73 Å². The van der Waals surface area contributed by atoms with E-state index < -0.39 is 0 Å². The molecule has 0 aromatic heterocycles. The highest BCUT2D eigenvalue weighted by Crippen LogP contribution is 1.89. The fraction of sp³-hybridized carbons (Fsp3) is 0. The Bertz CT molecular complexity index is 158. The van der Waals surface area contributed by atoms with Crippen LogP contribution in [0.4, 0.5) is 0 Å². The lowest BCUT2D eigenvalue weighted by molar-refractivity contribution is 0.271. The number of nitrogens with two attached hydrogens (primary N) is 1. The van der Waals surface area contributed by atoms with Crippen molar-refractivity contribution in [3.63, 3.8) is 0 Å². The number of rotatable bonds is 0. The quantitative estimate of drug-likeness (QED) is 0.489. The molecule has 3 heteroatoms. The van der Waals surface area contributed by atoms with Crippen molar-refractivity contribution >= 4 is 6.21 Å². The summed E-state index contributed by atoms with van der Waals surface area (Å²) >= 11 is 0. The second-order valence-electron chi connectivity index (χ2n) is 1.34. The first-order chi connectivity index (χ1) is 3.89. The Labute approximate surface area is 47.1 Å². The zero-order valence-electron chi connectivity index (χ0n) is 4.24. The molecule has 0 saturated carbocycles. The summed E-state index contributed by atoms with van der Waals surface area (Å²) in [6, 6.07) is 0. The van der Waals surface area contributed by atoms with Crippen LogP contribution in [0.3, 0.4) is 0 Å². The third-order valence-corrected chi connectivity index (χ3v) is 0.691. The topological polar surface area (TPSA) is 47.6 Å². The fourth-order valence-corrected chi connectivity index (χ4v) is 0.355. The average Bonchev–Trinajstić information content (AvgIpc) is 1.94. The van der Waals surface area contributed by atoms with E-state index in [0.29, 0.717) is 5.70 Å². The number of allylic oxidation sites excluding steroid dienone is 3. The highest BCUT2D eigenvalue weighted by atomic mass is 16.6. The van der Waals surface area contributed by atoms with Crippen LogP contribution in [0.25, 0.3) is 0 Å². The Morgan fingerprint density at radius 3 is 3.38 bits per heavy atom. The third-order valence-electron chi connectivity index (χ3n) is 0.691. The molecule has 3 nitrogen and oxygen atoms in total. The summed E-state index contributed by atoms with van der Waals surface area (Å²) in [4.78, 5) is 4.52. The third kappa shape index (κ3) is 1.11. The lowest BCUT2D eigenvalue weighted by Gasteiger charge is -1.81. The maximum atomic E-state index is 5.32. The van der Waals surface area contributed by atoms with E-state index in [-0.39, 0.29) is 0 Å². The van der Waals surface area contributed by atoms with Gasteiger partial charge in [0.05, 0.1) is 11.9 Å². The lowest BCUT2D eigenvalue weighted by atomic mass is 10.4. The van der Waals surface area contributed by atoms with Gasteiger partial charge in [0, 0.05) is 0 Å². The zero-order valence-corrected chi connectivity index (χ0v) is 4.24. The molecule has 1 rings (SSSR count). The summed E-state index contributed by atoms with van der Waals surface area (Å²) in [7, 11) is 0. The molecule has 0 bridgehead atoms. The molecular weight excluding hydrogens is 104 g/mol. The minimum atomic E-state index is 0.596. The van der Waals surface area contributed by atoms with Crippen LogP contribution in [0.1, 0.15) is 0 Å². The van der Waals surface area contributed by atoms with Crippen molar-refractivity contribution in [3.05, 3.63) is 24.1 Å². The van der Waals surface area contributed by atoms with Crippen LogP contribution in [-0.4, -0.2) is 6.21 Å². The molecule has 1 aliphatic rings. The van der Waals surface area contributed by atoms with E-state index in [1.807, 2.05) is 0 Å². The van der Waals surface area contributed by atoms with Gasteiger partial charge in [0.25, 0.3) is 0 Å². The maximum absolute atomic E-state index is 5.32. The van der Waals surface area contributed by atoms with Crippen LogP contribution in [-0.2, 0) is 4.84 Å². The Morgan fingerprint density at radius 1 is 1.62 bits per heavy atom. The monoisotopic (exact) mass is 110 g/mol. The molecule has 2 N–H and O–H groups in total. The smallest absolute Gasteiger partial charge is 0.122 e. The predicted octanol–water partition coefficient (Wildman–Crippen LogP) is 0.359. The predicted molar refractivity (Wildman–Crippen MR) is 31.0 cm³/mol. The van der Waals surface area contributed by atoms with Gasteiger partial charge in [-0.3, -0.25) is 0 Å². The summed E-state index contributed by atoms with van der Waals surface area (Å²) in [5, 5.41) is 3.45. The summed E-state index contributed by atoms with van der Waals surface area (Å²) < 4.78 is 0. The summed E-state index contributed by atoms with van der Waals surface area (Å²) in [5.74, 6) is 0. The van der Waals surface area contributed by atoms with Crippen molar-refractivity contribution in [2.75, 3.05) is 0 Å². The number of hydrogen-bond donors (Lipinski definition) is 1. The van der Waals surface area contributed by atoms with Gasteiger partial charge in [-0.2, -0.15) is 0 Å². The van der Waals surface area contributed by atoms with E-state index in [1.165, 1.54) is 12.5 Å². The average molecular weight is 110 g/mol. The highest BCUT2D eigenvalue weighted by molar-refractivity contribution is 5.77. The van der Waals surface area contributed by atoms with Crippen LogP contribution in [0.15, 0.2) is 29.3 Å². The normalized spacial score (nSPS) is 16.8. The van der Waals surface area contributed by atoms with Crippen molar-refractivity contribution in [1.82, 2.24) is 0 Å². The second kappa shape index (κ2) is 2.16. The van der Waals surface area contributed by atoms with Crippen molar-refractivity contribution in [3.8, 4) is 0 Å². The van der Waals surface area contributed by atoms with Gasteiger partial charge in [-0.1, -0.05) is 5.16 Å². The molecule has 0 atom stereocenters. The van der Waals surface area contributed by atoms with Crippen molar-refractivity contribution in [1.29, 1.82) is 0 Å². The zero-order chi connectivity index (χ0) is 5.82. The summed E-state index contributed by atoms with van der Waals surface area (Å²) in [5.41, 5.74) is 5.91. The Balaban J connectivity index is 2.73. The van der Waals surface area contributed by atoms with E-state index in [0.717, 1.165) is 0 Å². The Kier molecular flexibility index (Phi) is 1.32. The molecule has 0 saturated heterocycles. The van der Waals surface area contributed by atoms with Crippen molar-refractivity contribution in [2.45, 2.75) is 0 Å². The molecule has 0 amide bonds. The van der Waals surface area contributed by atoms with E-state index in [9.17, 15) is 0 Å². The van der Waals surface area contributed by atoms with E-state index >= 15 is 0 Å². The standard InChI is InChI=1S/C5H6N2O/c6-5-2-1-3-8-7-4-5/h1-4H,6H2. The minimum Gasteiger partial charge on any atom is -0.397 e. The summed E-state index contributed by atoms with van der Waals surface area (Å²) in [6.45, 7) is 0. The molecule has 0 aromatic rings. The van der Waals surface area contributed by atoms with Gasteiger partial charge in [-0.05, 0) is 12.2 Å².